The molecule has 1 saturated carbocycles. The molecule has 1 fully saturated rings. The fourth-order valence-electron chi connectivity index (χ4n) is 2.84. The molecule has 0 radical (unpaired) electrons. The van der Waals surface area contributed by atoms with E-state index in [0.29, 0.717) is 6.04 Å². The largest absolute Gasteiger partial charge is 0.331 e. The van der Waals surface area contributed by atoms with Crippen molar-refractivity contribution >= 4 is 11.7 Å². The van der Waals surface area contributed by atoms with Crippen LogP contribution in [0.1, 0.15) is 37.4 Å². The number of nitrogens with one attached hydrogen (secondary N) is 2. The third-order valence-electron chi connectivity index (χ3n) is 4.43. The fourth-order valence-corrected chi connectivity index (χ4v) is 2.84. The number of tetrazole rings is 1. The molecule has 7 heteroatoms. The Balaban J connectivity index is 1.39. The molecule has 7 nitrogen and oxygen atoms in total. The molecule has 2 amide bonds. The predicted molar refractivity (Wildman–Crippen MR) is 98.5 cm³/mol. The molecule has 0 spiro atoms. The molecule has 1 aromatic heterocycles. The van der Waals surface area contributed by atoms with Crippen molar-refractivity contribution < 1.29 is 4.79 Å². The lowest BCUT2D eigenvalue weighted by Crippen LogP contribution is -2.31. The van der Waals surface area contributed by atoms with Gasteiger partial charge in [0, 0.05) is 11.3 Å². The van der Waals surface area contributed by atoms with E-state index in [9.17, 15) is 4.79 Å². The number of carbonyl (C=O) groups excluding carboxylic acids is 1. The summed E-state index contributed by atoms with van der Waals surface area (Å²) in [6, 6.07) is 17.5. The number of hydrogen-bond donors (Lipinski definition) is 2. The number of aromatic nitrogens is 4. The van der Waals surface area contributed by atoms with E-state index in [2.05, 4.69) is 26.2 Å². The second kappa shape index (κ2) is 6.95. The number of benzene rings is 2. The summed E-state index contributed by atoms with van der Waals surface area (Å²) in [6.45, 7) is 1.95. The molecule has 2 aromatic carbocycles. The average Bonchev–Trinajstić information content (AvgIpc) is 3.40. The lowest BCUT2D eigenvalue weighted by atomic mass is 10.1. The van der Waals surface area contributed by atoms with Gasteiger partial charge >= 0.3 is 6.03 Å². The molecule has 3 aromatic rings. The molecular weight excluding hydrogens is 328 g/mol. The SMILES string of the molecule is CC(NC(=O)Nc1ccc(-c2nnnn2C2CC2)cc1)c1ccccc1. The number of anilines is 1. The average molecular weight is 348 g/mol. The van der Waals surface area contributed by atoms with Crippen LogP contribution in [0.3, 0.4) is 0 Å². The highest BCUT2D eigenvalue weighted by atomic mass is 16.2. The van der Waals surface area contributed by atoms with Crippen LogP contribution in [0.25, 0.3) is 11.4 Å². The molecule has 26 heavy (non-hydrogen) atoms. The molecule has 0 bridgehead atoms. The Bertz CT molecular complexity index is 886. The Morgan fingerprint density at radius 2 is 1.85 bits per heavy atom. The second-order valence-corrected chi connectivity index (χ2v) is 6.49. The van der Waals surface area contributed by atoms with Gasteiger partial charge in [-0.25, -0.2) is 9.48 Å². The van der Waals surface area contributed by atoms with Crippen LogP contribution in [0.15, 0.2) is 54.6 Å². The van der Waals surface area contributed by atoms with Gasteiger partial charge in [-0.2, -0.15) is 0 Å². The van der Waals surface area contributed by atoms with Crippen LogP contribution in [-0.2, 0) is 0 Å². The highest BCUT2D eigenvalue weighted by Crippen LogP contribution is 2.36. The van der Waals surface area contributed by atoms with Gasteiger partial charge in [0.1, 0.15) is 0 Å². The molecule has 132 valence electrons. The van der Waals surface area contributed by atoms with Gasteiger partial charge < -0.3 is 10.6 Å². The second-order valence-electron chi connectivity index (χ2n) is 6.49. The highest BCUT2D eigenvalue weighted by molar-refractivity contribution is 5.89. The third kappa shape index (κ3) is 3.56. The van der Waals surface area contributed by atoms with Gasteiger partial charge in [0.15, 0.2) is 5.82 Å². The summed E-state index contributed by atoms with van der Waals surface area (Å²) >= 11 is 0. The number of amides is 2. The van der Waals surface area contributed by atoms with E-state index >= 15 is 0 Å². The summed E-state index contributed by atoms with van der Waals surface area (Å²) in [4.78, 5) is 12.2. The van der Waals surface area contributed by atoms with Crippen molar-refractivity contribution in [3.63, 3.8) is 0 Å². The van der Waals surface area contributed by atoms with Crippen molar-refractivity contribution in [1.82, 2.24) is 25.5 Å². The van der Waals surface area contributed by atoms with Crippen molar-refractivity contribution in [2.45, 2.75) is 31.8 Å². The summed E-state index contributed by atoms with van der Waals surface area (Å²) in [7, 11) is 0. The predicted octanol–water partition coefficient (Wildman–Crippen LogP) is 3.56. The zero-order valence-electron chi connectivity index (χ0n) is 14.5. The molecule has 1 unspecified atom stereocenters. The lowest BCUT2D eigenvalue weighted by Gasteiger charge is -2.15. The minimum Gasteiger partial charge on any atom is -0.331 e. The summed E-state index contributed by atoms with van der Waals surface area (Å²) < 4.78 is 1.87. The molecule has 1 heterocycles. The first-order valence-corrected chi connectivity index (χ1v) is 8.71. The van der Waals surface area contributed by atoms with Gasteiger partial charge in [-0.3, -0.25) is 0 Å². The van der Waals surface area contributed by atoms with Crippen LogP contribution in [0.2, 0.25) is 0 Å². The number of hydrogen-bond acceptors (Lipinski definition) is 4. The Labute approximate surface area is 151 Å². The smallest absolute Gasteiger partial charge is 0.319 e. The van der Waals surface area contributed by atoms with Gasteiger partial charge in [-0.15, -0.1) is 5.10 Å². The number of rotatable bonds is 5. The van der Waals surface area contributed by atoms with E-state index in [1.165, 1.54) is 0 Å². The van der Waals surface area contributed by atoms with Crippen LogP contribution in [0.5, 0.6) is 0 Å². The molecule has 1 aliphatic carbocycles. The van der Waals surface area contributed by atoms with Crippen molar-refractivity contribution in [2.75, 3.05) is 5.32 Å². The van der Waals surface area contributed by atoms with Crippen molar-refractivity contribution in [3.05, 3.63) is 60.2 Å². The van der Waals surface area contributed by atoms with E-state index < -0.39 is 0 Å². The Morgan fingerprint density at radius 1 is 1.12 bits per heavy atom. The molecule has 0 saturated heterocycles. The minimum atomic E-state index is -0.239. The van der Waals surface area contributed by atoms with E-state index in [1.807, 2.05) is 66.2 Å². The van der Waals surface area contributed by atoms with Crippen LogP contribution >= 0.6 is 0 Å². The fraction of sp³-hybridized carbons (Fsp3) is 0.263. The summed E-state index contributed by atoms with van der Waals surface area (Å²) in [6.07, 6.45) is 2.24. The van der Waals surface area contributed by atoms with E-state index in [-0.39, 0.29) is 12.1 Å². The van der Waals surface area contributed by atoms with Crippen molar-refractivity contribution in [2.24, 2.45) is 0 Å². The van der Waals surface area contributed by atoms with E-state index in [0.717, 1.165) is 35.5 Å². The van der Waals surface area contributed by atoms with Crippen LogP contribution in [0.4, 0.5) is 10.5 Å². The van der Waals surface area contributed by atoms with Gasteiger partial charge in [0.25, 0.3) is 0 Å². The Hall–Kier alpha value is -3.22. The first-order valence-electron chi connectivity index (χ1n) is 8.71. The maximum Gasteiger partial charge on any atom is 0.319 e. The molecule has 1 aliphatic rings. The van der Waals surface area contributed by atoms with Crippen LogP contribution in [-0.4, -0.2) is 26.2 Å². The molecule has 0 aliphatic heterocycles. The van der Waals surface area contributed by atoms with E-state index in [4.69, 9.17) is 0 Å². The summed E-state index contributed by atoms with van der Waals surface area (Å²) in [5.74, 6) is 0.765. The maximum atomic E-state index is 12.2. The minimum absolute atomic E-state index is 0.0707. The van der Waals surface area contributed by atoms with Gasteiger partial charge in [0.05, 0.1) is 12.1 Å². The number of urea groups is 1. The lowest BCUT2D eigenvalue weighted by molar-refractivity contribution is 0.249. The highest BCUT2D eigenvalue weighted by Gasteiger charge is 2.28. The maximum absolute atomic E-state index is 12.2. The van der Waals surface area contributed by atoms with Gasteiger partial charge in [-0.1, -0.05) is 30.3 Å². The van der Waals surface area contributed by atoms with Crippen LogP contribution in [0, 0.1) is 0 Å². The monoisotopic (exact) mass is 348 g/mol. The van der Waals surface area contributed by atoms with Crippen LogP contribution < -0.4 is 10.6 Å². The topological polar surface area (TPSA) is 84.7 Å². The standard InChI is InChI=1S/C19H20N6O/c1-13(14-5-3-2-4-6-14)20-19(26)21-16-9-7-15(8-10-16)18-22-23-24-25(18)17-11-12-17/h2-10,13,17H,11-12H2,1H3,(H2,20,21,26). The Morgan fingerprint density at radius 3 is 2.54 bits per heavy atom. The number of carbonyl (C=O) groups is 1. The first-order chi connectivity index (χ1) is 12.7. The summed E-state index contributed by atoms with van der Waals surface area (Å²) in [5.41, 5.74) is 2.72. The van der Waals surface area contributed by atoms with Crippen molar-refractivity contribution in [3.8, 4) is 11.4 Å². The molecular formula is C19H20N6O. The zero-order chi connectivity index (χ0) is 17.9. The Kier molecular flexibility index (Phi) is 4.35. The normalized spacial score (nSPS) is 14.7. The van der Waals surface area contributed by atoms with Gasteiger partial charge in [0.2, 0.25) is 0 Å². The quantitative estimate of drug-likeness (QED) is 0.738. The first kappa shape index (κ1) is 16.3. The van der Waals surface area contributed by atoms with E-state index in [1.54, 1.807) is 0 Å². The number of nitrogens with zero attached hydrogens (tertiary/aromatic N) is 4. The van der Waals surface area contributed by atoms with Gasteiger partial charge in [-0.05, 0) is 60.0 Å². The van der Waals surface area contributed by atoms with Crippen molar-refractivity contribution in [1.29, 1.82) is 0 Å². The molecule has 2 N–H and O–H groups in total. The molecule has 4 rings (SSSR count). The zero-order valence-corrected chi connectivity index (χ0v) is 14.5. The third-order valence-corrected chi connectivity index (χ3v) is 4.43. The summed E-state index contributed by atoms with van der Waals surface area (Å²) in [5, 5.41) is 17.7. The molecule has 1 atom stereocenters.